The lowest BCUT2D eigenvalue weighted by Gasteiger charge is -2.24. The molecule has 0 spiro atoms. The fourth-order valence-corrected chi connectivity index (χ4v) is 3.83. The van der Waals surface area contributed by atoms with Gasteiger partial charge in [-0.25, -0.2) is 0 Å². The lowest BCUT2D eigenvalue weighted by Crippen LogP contribution is -2.21. The van der Waals surface area contributed by atoms with Gasteiger partial charge in [0.15, 0.2) is 0 Å². The number of hydrogen-bond donors (Lipinski definition) is 0. The molecule has 2 aromatic rings. The highest BCUT2D eigenvalue weighted by Crippen LogP contribution is 2.34. The van der Waals surface area contributed by atoms with E-state index in [9.17, 15) is 0 Å². The van der Waals surface area contributed by atoms with Gasteiger partial charge in [-0.05, 0) is 69.0 Å². The molecule has 0 aliphatic carbocycles. The van der Waals surface area contributed by atoms with E-state index in [0.29, 0.717) is 0 Å². The molecule has 2 heteroatoms. The van der Waals surface area contributed by atoms with E-state index in [-0.39, 0.29) is 0 Å². The summed E-state index contributed by atoms with van der Waals surface area (Å²) in [5.74, 6) is 2.73. The predicted octanol–water partition coefficient (Wildman–Crippen LogP) is 4.53. The van der Waals surface area contributed by atoms with Crippen molar-refractivity contribution in [3.8, 4) is 12.3 Å². The van der Waals surface area contributed by atoms with Crippen molar-refractivity contribution in [1.82, 2.24) is 0 Å². The fraction of sp³-hybridized carbons (Fsp3) is 0.318. The highest BCUT2D eigenvalue weighted by Gasteiger charge is 2.26. The summed E-state index contributed by atoms with van der Waals surface area (Å²) < 4.78 is 0. The Morgan fingerprint density at radius 1 is 0.792 bits per heavy atom. The van der Waals surface area contributed by atoms with Gasteiger partial charge in [-0.1, -0.05) is 23.6 Å². The zero-order chi connectivity index (χ0) is 17.4. The molecule has 2 aromatic carbocycles. The summed E-state index contributed by atoms with van der Waals surface area (Å²) in [4.78, 5) is 4.47. The van der Waals surface area contributed by atoms with E-state index in [1.165, 1.54) is 39.2 Å². The molecule has 0 amide bonds. The van der Waals surface area contributed by atoms with Crippen LogP contribution in [-0.4, -0.2) is 13.1 Å². The van der Waals surface area contributed by atoms with Crippen molar-refractivity contribution in [3.63, 3.8) is 0 Å². The highest BCUT2D eigenvalue weighted by molar-refractivity contribution is 5.69. The van der Waals surface area contributed by atoms with Crippen molar-refractivity contribution in [3.05, 3.63) is 64.3 Å². The second-order valence-electron chi connectivity index (χ2n) is 6.75. The molecule has 24 heavy (non-hydrogen) atoms. The fourth-order valence-electron chi connectivity index (χ4n) is 3.83. The molecule has 1 heterocycles. The SMILES string of the molecule is C#Cc1cc(C)c(N2[C]N(c3c(C)cc(C)cc3C)CC2)c(C)c1. The Balaban J connectivity index is 1.91. The first-order valence-corrected chi connectivity index (χ1v) is 8.37. The van der Waals surface area contributed by atoms with Crippen LogP contribution in [0.25, 0.3) is 0 Å². The Hall–Kier alpha value is -2.40. The summed E-state index contributed by atoms with van der Waals surface area (Å²) in [7, 11) is 0. The molecule has 0 atom stereocenters. The van der Waals surface area contributed by atoms with Gasteiger partial charge in [-0.15, -0.1) is 6.42 Å². The highest BCUT2D eigenvalue weighted by atomic mass is 15.4. The van der Waals surface area contributed by atoms with Crippen LogP contribution in [0.2, 0.25) is 0 Å². The summed E-state index contributed by atoms with van der Waals surface area (Å²) in [5, 5.41) is 0. The van der Waals surface area contributed by atoms with Crippen LogP contribution in [0, 0.1) is 53.6 Å². The number of aryl methyl sites for hydroxylation is 5. The molecule has 1 saturated heterocycles. The topological polar surface area (TPSA) is 6.48 Å². The van der Waals surface area contributed by atoms with Crippen LogP contribution in [0.15, 0.2) is 24.3 Å². The largest absolute Gasteiger partial charge is 0.339 e. The van der Waals surface area contributed by atoms with Gasteiger partial charge in [0.2, 0.25) is 6.67 Å². The third-order valence-corrected chi connectivity index (χ3v) is 4.62. The van der Waals surface area contributed by atoms with Crippen LogP contribution in [0.4, 0.5) is 11.4 Å². The quantitative estimate of drug-likeness (QED) is 0.751. The predicted molar refractivity (Wildman–Crippen MR) is 102 cm³/mol. The van der Waals surface area contributed by atoms with Crippen LogP contribution >= 0.6 is 0 Å². The zero-order valence-electron chi connectivity index (χ0n) is 15.2. The minimum Gasteiger partial charge on any atom is -0.339 e. The van der Waals surface area contributed by atoms with Crippen molar-refractivity contribution >= 4 is 11.4 Å². The number of anilines is 2. The van der Waals surface area contributed by atoms with Crippen molar-refractivity contribution < 1.29 is 0 Å². The smallest absolute Gasteiger partial charge is 0.208 e. The second-order valence-corrected chi connectivity index (χ2v) is 6.75. The molecule has 2 radical (unpaired) electrons. The molecule has 1 aliphatic heterocycles. The van der Waals surface area contributed by atoms with Crippen molar-refractivity contribution in [2.45, 2.75) is 34.6 Å². The Kier molecular flexibility index (Phi) is 4.28. The molecule has 1 aliphatic rings. The molecule has 0 N–H and O–H groups in total. The molecular weight excluding hydrogens is 292 g/mol. The van der Waals surface area contributed by atoms with E-state index < -0.39 is 0 Å². The molecule has 0 aromatic heterocycles. The van der Waals surface area contributed by atoms with Gasteiger partial charge in [0, 0.05) is 30.0 Å². The van der Waals surface area contributed by atoms with Crippen LogP contribution in [0.1, 0.15) is 33.4 Å². The summed E-state index contributed by atoms with van der Waals surface area (Å²) in [6, 6.07) is 8.64. The lowest BCUT2D eigenvalue weighted by atomic mass is 10.0. The van der Waals surface area contributed by atoms with E-state index in [1.54, 1.807) is 0 Å². The lowest BCUT2D eigenvalue weighted by molar-refractivity contribution is 1.01. The molecular formula is C22H24N2. The average Bonchev–Trinajstić information content (AvgIpc) is 2.94. The van der Waals surface area contributed by atoms with Crippen LogP contribution in [0.5, 0.6) is 0 Å². The maximum atomic E-state index is 5.55. The standard InChI is InChI=1S/C22H24N2/c1-7-20-12-18(5)22(19(6)13-20)24-9-8-23(14-24)21-16(3)10-15(2)11-17(21)4/h1,10-13H,8-9H2,2-6H3. The molecule has 2 nitrogen and oxygen atoms in total. The Bertz CT molecular complexity index is 780. The molecule has 3 rings (SSSR count). The van der Waals surface area contributed by atoms with Gasteiger partial charge in [0.25, 0.3) is 0 Å². The first kappa shape index (κ1) is 16.5. The molecule has 122 valence electrons. The summed E-state index contributed by atoms with van der Waals surface area (Å²) in [6.45, 7) is 16.2. The molecule has 0 unspecified atom stereocenters. The van der Waals surface area contributed by atoms with E-state index in [2.05, 4.69) is 81.3 Å². The molecule has 0 saturated carbocycles. The minimum absolute atomic E-state index is 0.934. The van der Waals surface area contributed by atoms with Gasteiger partial charge in [-0.2, -0.15) is 0 Å². The third kappa shape index (κ3) is 2.87. The van der Waals surface area contributed by atoms with Gasteiger partial charge in [0.05, 0.1) is 0 Å². The number of rotatable bonds is 2. The monoisotopic (exact) mass is 316 g/mol. The minimum atomic E-state index is 0.934. The van der Waals surface area contributed by atoms with Crippen molar-refractivity contribution in [1.29, 1.82) is 0 Å². The van der Waals surface area contributed by atoms with Crippen LogP contribution in [-0.2, 0) is 0 Å². The van der Waals surface area contributed by atoms with Gasteiger partial charge >= 0.3 is 0 Å². The number of hydrogen-bond acceptors (Lipinski definition) is 2. The first-order chi connectivity index (χ1) is 11.4. The Morgan fingerprint density at radius 3 is 1.62 bits per heavy atom. The Morgan fingerprint density at radius 2 is 1.21 bits per heavy atom. The third-order valence-electron chi connectivity index (χ3n) is 4.62. The normalized spacial score (nSPS) is 14.2. The maximum absolute atomic E-state index is 5.55. The van der Waals surface area contributed by atoms with Crippen molar-refractivity contribution in [2.75, 3.05) is 22.9 Å². The maximum Gasteiger partial charge on any atom is 0.208 e. The first-order valence-electron chi connectivity index (χ1n) is 8.37. The Labute approximate surface area is 146 Å². The summed E-state index contributed by atoms with van der Waals surface area (Å²) in [5.41, 5.74) is 9.76. The van der Waals surface area contributed by atoms with Gasteiger partial charge in [0.1, 0.15) is 0 Å². The molecule has 0 bridgehead atoms. The van der Waals surface area contributed by atoms with E-state index in [0.717, 1.165) is 18.7 Å². The molecule has 1 fully saturated rings. The van der Waals surface area contributed by atoms with Crippen molar-refractivity contribution in [2.24, 2.45) is 0 Å². The number of benzene rings is 2. The van der Waals surface area contributed by atoms with Gasteiger partial charge < -0.3 is 9.80 Å². The second kappa shape index (κ2) is 6.24. The summed E-state index contributed by atoms with van der Waals surface area (Å²) in [6.07, 6.45) is 5.55. The van der Waals surface area contributed by atoms with Crippen LogP contribution < -0.4 is 9.80 Å². The van der Waals surface area contributed by atoms with E-state index in [1.807, 2.05) is 0 Å². The summed E-state index contributed by atoms with van der Waals surface area (Å²) >= 11 is 0. The number of terminal acetylenes is 1. The van der Waals surface area contributed by atoms with E-state index in [4.69, 9.17) is 6.42 Å². The van der Waals surface area contributed by atoms with Gasteiger partial charge in [-0.3, -0.25) is 0 Å². The zero-order valence-corrected chi connectivity index (χ0v) is 15.2. The number of nitrogens with zero attached hydrogens (tertiary/aromatic N) is 2. The van der Waals surface area contributed by atoms with E-state index >= 15 is 0 Å². The average molecular weight is 316 g/mol. The van der Waals surface area contributed by atoms with Crippen LogP contribution in [0.3, 0.4) is 0 Å².